The number of H-pyrrole nitrogens is 1. The fraction of sp³-hybridized carbons (Fsp3) is 0.308. The maximum atomic E-state index is 13.4. The average molecular weight is 482 g/mol. The fourth-order valence-corrected chi connectivity index (χ4v) is 4.14. The van der Waals surface area contributed by atoms with E-state index < -0.39 is 5.97 Å². The van der Waals surface area contributed by atoms with Crippen molar-refractivity contribution in [1.82, 2.24) is 9.88 Å². The van der Waals surface area contributed by atoms with Crippen LogP contribution in [0.2, 0.25) is 0 Å². The highest BCUT2D eigenvalue weighted by atomic mass is 32.2. The van der Waals surface area contributed by atoms with Crippen LogP contribution in [-0.2, 0) is 17.8 Å². The predicted octanol–water partition coefficient (Wildman–Crippen LogP) is 5.77. The highest BCUT2D eigenvalue weighted by Crippen LogP contribution is 2.24. The van der Waals surface area contributed by atoms with E-state index in [0.29, 0.717) is 25.4 Å². The van der Waals surface area contributed by atoms with Gasteiger partial charge < -0.3 is 24.7 Å². The number of ether oxygens (including phenoxy) is 2. The number of rotatable bonds is 9. The number of urea groups is 1. The molecule has 0 fully saturated rings. The summed E-state index contributed by atoms with van der Waals surface area (Å²) in [6.07, 6.45) is 2.00. The summed E-state index contributed by atoms with van der Waals surface area (Å²) < 4.78 is 10.4. The van der Waals surface area contributed by atoms with Crippen LogP contribution in [0.25, 0.3) is 0 Å². The molecule has 0 aliphatic heterocycles. The summed E-state index contributed by atoms with van der Waals surface area (Å²) in [5.74, 6) is 0.361. The van der Waals surface area contributed by atoms with Crippen molar-refractivity contribution in [2.45, 2.75) is 38.8 Å². The normalized spacial score (nSPS) is 10.6. The van der Waals surface area contributed by atoms with Crippen molar-refractivity contribution in [3.63, 3.8) is 0 Å². The fourth-order valence-electron chi connectivity index (χ4n) is 3.68. The molecular formula is C26H31N3O4S. The monoisotopic (exact) mass is 481 g/mol. The Hall–Kier alpha value is -3.39. The van der Waals surface area contributed by atoms with Crippen LogP contribution in [-0.4, -0.2) is 41.9 Å². The molecule has 0 atom stereocenters. The van der Waals surface area contributed by atoms with Crippen LogP contribution in [0.3, 0.4) is 0 Å². The zero-order valence-corrected chi connectivity index (χ0v) is 21.0. The Kier molecular flexibility index (Phi) is 8.65. The summed E-state index contributed by atoms with van der Waals surface area (Å²) >= 11 is 1.62. The lowest BCUT2D eigenvalue weighted by Gasteiger charge is -2.24. The number of nitrogens with one attached hydrogen (secondary N) is 2. The average Bonchev–Trinajstić information content (AvgIpc) is 3.12. The van der Waals surface area contributed by atoms with Gasteiger partial charge in [-0.05, 0) is 74.0 Å². The number of amides is 2. The molecule has 0 bridgehead atoms. The van der Waals surface area contributed by atoms with Gasteiger partial charge in [0.1, 0.15) is 11.4 Å². The quantitative estimate of drug-likeness (QED) is 0.299. The van der Waals surface area contributed by atoms with Crippen molar-refractivity contribution >= 4 is 29.4 Å². The number of anilines is 1. The van der Waals surface area contributed by atoms with Crippen LogP contribution in [0, 0.1) is 13.8 Å². The van der Waals surface area contributed by atoms with E-state index in [9.17, 15) is 9.59 Å². The van der Waals surface area contributed by atoms with Crippen molar-refractivity contribution < 1.29 is 19.1 Å². The number of carbonyl (C=O) groups is 2. The van der Waals surface area contributed by atoms with Gasteiger partial charge in [-0.15, -0.1) is 11.8 Å². The minimum Gasteiger partial charge on any atom is -0.497 e. The third-order valence-electron chi connectivity index (χ3n) is 5.56. The van der Waals surface area contributed by atoms with Crippen LogP contribution >= 0.6 is 11.8 Å². The summed E-state index contributed by atoms with van der Waals surface area (Å²) in [6, 6.07) is 15.1. The Morgan fingerprint density at radius 2 is 1.82 bits per heavy atom. The smallest absolute Gasteiger partial charge is 0.355 e. The predicted molar refractivity (Wildman–Crippen MR) is 136 cm³/mol. The van der Waals surface area contributed by atoms with Crippen molar-refractivity contribution in [2.75, 3.05) is 25.3 Å². The molecule has 0 aliphatic carbocycles. The molecule has 0 spiro atoms. The lowest BCUT2D eigenvalue weighted by Crippen LogP contribution is -2.34. The molecule has 2 amide bonds. The summed E-state index contributed by atoms with van der Waals surface area (Å²) in [5, 5.41) is 3.02. The van der Waals surface area contributed by atoms with Gasteiger partial charge in [0.25, 0.3) is 0 Å². The van der Waals surface area contributed by atoms with Gasteiger partial charge >= 0.3 is 12.0 Å². The molecule has 2 aromatic carbocycles. The molecule has 0 saturated heterocycles. The Balaban J connectivity index is 1.89. The standard InChI is InChI=1S/C26H31N3O4S/c1-6-33-25(30)24-17(2)23(18(3)27-24)16-29(15-19-10-12-21(32-4)13-11-19)26(31)28-20-8-7-9-22(14-20)34-5/h7-14,27H,6,15-16H2,1-5H3,(H,28,31). The van der Waals surface area contributed by atoms with Gasteiger partial charge in [-0.1, -0.05) is 18.2 Å². The molecule has 3 rings (SSSR count). The topological polar surface area (TPSA) is 83.7 Å². The summed E-state index contributed by atoms with van der Waals surface area (Å²) in [5.41, 5.74) is 4.62. The zero-order chi connectivity index (χ0) is 24.7. The van der Waals surface area contributed by atoms with Gasteiger partial charge in [-0.25, -0.2) is 9.59 Å². The van der Waals surface area contributed by atoms with E-state index in [1.807, 2.05) is 68.6 Å². The minimum absolute atomic E-state index is 0.230. The molecular weight excluding hydrogens is 450 g/mol. The van der Waals surface area contributed by atoms with Gasteiger partial charge in [0.05, 0.1) is 13.7 Å². The Bertz CT molecular complexity index is 1140. The number of carbonyl (C=O) groups excluding carboxylic acids is 2. The first-order valence-electron chi connectivity index (χ1n) is 11.0. The van der Waals surface area contributed by atoms with Gasteiger partial charge in [0.2, 0.25) is 0 Å². The molecule has 2 N–H and O–H groups in total. The molecule has 0 radical (unpaired) electrons. The highest BCUT2D eigenvalue weighted by molar-refractivity contribution is 7.98. The first-order valence-corrected chi connectivity index (χ1v) is 12.3. The number of hydrogen-bond donors (Lipinski definition) is 2. The lowest BCUT2D eigenvalue weighted by atomic mass is 10.1. The Morgan fingerprint density at radius 1 is 1.09 bits per heavy atom. The number of aromatic amines is 1. The van der Waals surface area contributed by atoms with Crippen molar-refractivity contribution in [3.05, 3.63) is 76.6 Å². The second kappa shape index (κ2) is 11.7. The minimum atomic E-state index is -0.394. The van der Waals surface area contributed by atoms with Crippen LogP contribution in [0.15, 0.2) is 53.4 Å². The molecule has 1 aromatic heterocycles. The highest BCUT2D eigenvalue weighted by Gasteiger charge is 2.23. The third-order valence-corrected chi connectivity index (χ3v) is 6.29. The van der Waals surface area contributed by atoms with Crippen LogP contribution in [0.1, 0.15) is 39.8 Å². The van der Waals surface area contributed by atoms with Crippen molar-refractivity contribution in [1.29, 1.82) is 0 Å². The lowest BCUT2D eigenvalue weighted by molar-refractivity contribution is 0.0519. The van der Waals surface area contributed by atoms with Crippen LogP contribution in [0.5, 0.6) is 5.75 Å². The van der Waals surface area contributed by atoms with Gasteiger partial charge in [0, 0.05) is 29.4 Å². The van der Waals surface area contributed by atoms with E-state index in [2.05, 4.69) is 10.3 Å². The summed E-state index contributed by atoms with van der Waals surface area (Å²) in [4.78, 5) is 31.7. The number of hydrogen-bond acceptors (Lipinski definition) is 5. The van der Waals surface area contributed by atoms with E-state index in [4.69, 9.17) is 9.47 Å². The summed E-state index contributed by atoms with van der Waals surface area (Å²) in [7, 11) is 1.62. The van der Waals surface area contributed by atoms with Crippen molar-refractivity contribution in [2.24, 2.45) is 0 Å². The van der Waals surface area contributed by atoms with Gasteiger partial charge in [-0.3, -0.25) is 0 Å². The van der Waals surface area contributed by atoms with E-state index >= 15 is 0 Å². The van der Waals surface area contributed by atoms with Gasteiger partial charge in [0.15, 0.2) is 0 Å². The molecule has 3 aromatic rings. The molecule has 7 nitrogen and oxygen atoms in total. The largest absolute Gasteiger partial charge is 0.497 e. The second-order valence-corrected chi connectivity index (χ2v) is 8.69. The number of aryl methyl sites for hydroxylation is 1. The van der Waals surface area contributed by atoms with E-state index in [1.54, 1.807) is 30.7 Å². The first-order chi connectivity index (χ1) is 16.4. The summed E-state index contributed by atoms with van der Waals surface area (Å²) in [6.45, 7) is 6.56. The van der Waals surface area contributed by atoms with Crippen molar-refractivity contribution in [3.8, 4) is 5.75 Å². The first kappa shape index (κ1) is 25.2. The zero-order valence-electron chi connectivity index (χ0n) is 20.2. The molecule has 34 heavy (non-hydrogen) atoms. The Labute approximate surface area is 204 Å². The molecule has 8 heteroatoms. The van der Waals surface area contributed by atoms with Crippen LogP contribution < -0.4 is 10.1 Å². The third kappa shape index (κ3) is 6.14. The maximum absolute atomic E-state index is 13.4. The second-order valence-electron chi connectivity index (χ2n) is 7.82. The molecule has 0 saturated carbocycles. The molecule has 0 unspecified atom stereocenters. The van der Waals surface area contributed by atoms with E-state index in [1.165, 1.54) is 0 Å². The number of benzene rings is 2. The number of aromatic nitrogens is 1. The number of thioether (sulfide) groups is 1. The maximum Gasteiger partial charge on any atom is 0.355 e. The van der Waals surface area contributed by atoms with E-state index in [-0.39, 0.29) is 6.03 Å². The van der Waals surface area contributed by atoms with E-state index in [0.717, 1.165) is 38.7 Å². The number of methoxy groups -OCH3 is 1. The van der Waals surface area contributed by atoms with Crippen LogP contribution in [0.4, 0.5) is 10.5 Å². The van der Waals surface area contributed by atoms with Gasteiger partial charge in [-0.2, -0.15) is 0 Å². The molecule has 1 heterocycles. The number of esters is 1. The number of nitrogens with zero attached hydrogens (tertiary/aromatic N) is 1. The molecule has 180 valence electrons. The molecule has 0 aliphatic rings. The SMILES string of the molecule is CCOC(=O)c1[nH]c(C)c(CN(Cc2ccc(OC)cc2)C(=O)Nc2cccc(SC)c2)c1C. The Morgan fingerprint density at radius 3 is 2.47 bits per heavy atom.